The maximum Gasteiger partial charge on any atom is 0.446 e. The van der Waals surface area contributed by atoms with Gasteiger partial charge in [0.25, 0.3) is 0 Å². The Kier molecular flexibility index (Phi) is 4.19. The van der Waals surface area contributed by atoms with Crippen molar-refractivity contribution in [2.45, 2.75) is 16.9 Å². The van der Waals surface area contributed by atoms with E-state index in [1.807, 2.05) is 16.8 Å². The Morgan fingerprint density at radius 3 is 2.39 bits per heavy atom. The maximum absolute atomic E-state index is 12.1. The van der Waals surface area contributed by atoms with Gasteiger partial charge in [0.15, 0.2) is 0 Å². The topological polar surface area (TPSA) is 12.0 Å². The molecule has 0 unspecified atom stereocenters. The summed E-state index contributed by atoms with van der Waals surface area (Å²) in [4.78, 5) is 0.210. The second kappa shape index (κ2) is 5.67. The summed E-state index contributed by atoms with van der Waals surface area (Å²) in [5.41, 5.74) is -2.25. The van der Waals surface area contributed by atoms with Gasteiger partial charge in [-0.25, -0.2) is 0 Å². The average molecular weight is 289 g/mol. The van der Waals surface area contributed by atoms with E-state index in [1.54, 1.807) is 23.5 Å². The highest BCUT2D eigenvalue weighted by Gasteiger charge is 2.28. The summed E-state index contributed by atoms with van der Waals surface area (Å²) in [6.45, 7) is 0.605. The normalized spacial score (nSPS) is 11.5. The molecule has 1 heterocycles. The maximum atomic E-state index is 12.1. The van der Waals surface area contributed by atoms with E-state index in [0.29, 0.717) is 6.54 Å². The fourth-order valence-electron chi connectivity index (χ4n) is 1.38. The standard InChI is InChI=1S/C12H10F3NS2/c13-12(14,15)18-11-3-1-9(2-4-11)7-16-10-5-6-17-8-10/h1-6,8,16H,7H2. The predicted molar refractivity (Wildman–Crippen MR) is 70.0 cm³/mol. The van der Waals surface area contributed by atoms with Gasteiger partial charge in [-0.05, 0) is 40.9 Å². The molecule has 1 N–H and O–H groups in total. The van der Waals surface area contributed by atoms with Gasteiger partial charge in [-0.2, -0.15) is 24.5 Å². The van der Waals surface area contributed by atoms with E-state index in [2.05, 4.69) is 5.32 Å². The van der Waals surface area contributed by atoms with Crippen LogP contribution in [0.5, 0.6) is 0 Å². The van der Waals surface area contributed by atoms with Crippen LogP contribution in [-0.2, 0) is 6.54 Å². The van der Waals surface area contributed by atoms with E-state index in [1.165, 1.54) is 12.1 Å². The summed E-state index contributed by atoms with van der Waals surface area (Å²) >= 11 is 1.50. The lowest BCUT2D eigenvalue weighted by Gasteiger charge is -2.07. The highest BCUT2D eigenvalue weighted by Crippen LogP contribution is 2.36. The highest BCUT2D eigenvalue weighted by atomic mass is 32.2. The molecule has 0 aliphatic carbocycles. The Hall–Kier alpha value is -1.14. The van der Waals surface area contributed by atoms with Crippen LogP contribution in [0.25, 0.3) is 0 Å². The van der Waals surface area contributed by atoms with Crippen LogP contribution in [-0.4, -0.2) is 5.51 Å². The minimum absolute atomic E-state index is 0.0934. The predicted octanol–water partition coefficient (Wildman–Crippen LogP) is 4.97. The third kappa shape index (κ3) is 4.27. The zero-order chi connectivity index (χ0) is 13.0. The highest BCUT2D eigenvalue weighted by molar-refractivity contribution is 8.00. The lowest BCUT2D eigenvalue weighted by Crippen LogP contribution is -2.00. The first-order valence-corrected chi connectivity index (χ1v) is 6.90. The number of rotatable bonds is 4. The Morgan fingerprint density at radius 2 is 1.83 bits per heavy atom. The lowest BCUT2D eigenvalue weighted by atomic mass is 10.2. The number of hydrogen-bond acceptors (Lipinski definition) is 3. The number of nitrogens with one attached hydrogen (secondary N) is 1. The molecular formula is C12H10F3NS2. The summed E-state index contributed by atoms with van der Waals surface area (Å²) in [6, 6.07) is 8.34. The van der Waals surface area contributed by atoms with Crippen molar-refractivity contribution in [1.29, 1.82) is 0 Å². The molecule has 18 heavy (non-hydrogen) atoms. The van der Waals surface area contributed by atoms with Crippen molar-refractivity contribution in [3.63, 3.8) is 0 Å². The Balaban J connectivity index is 1.91. The van der Waals surface area contributed by atoms with Gasteiger partial charge < -0.3 is 5.32 Å². The van der Waals surface area contributed by atoms with Crippen LogP contribution >= 0.6 is 23.1 Å². The SMILES string of the molecule is FC(F)(F)Sc1ccc(CNc2ccsc2)cc1. The van der Waals surface area contributed by atoms with Crippen molar-refractivity contribution in [1.82, 2.24) is 0 Å². The molecule has 1 aromatic carbocycles. The number of hydrogen-bond donors (Lipinski definition) is 1. The molecule has 0 spiro atoms. The van der Waals surface area contributed by atoms with Crippen molar-refractivity contribution < 1.29 is 13.2 Å². The molecule has 2 aromatic rings. The molecule has 0 saturated heterocycles. The van der Waals surface area contributed by atoms with Crippen molar-refractivity contribution in [3.8, 4) is 0 Å². The minimum atomic E-state index is -4.23. The fraction of sp³-hybridized carbons (Fsp3) is 0.167. The minimum Gasteiger partial charge on any atom is -0.380 e. The second-order valence-corrected chi connectivity index (χ2v) is 5.48. The number of anilines is 1. The van der Waals surface area contributed by atoms with Gasteiger partial charge in [-0.1, -0.05) is 12.1 Å². The largest absolute Gasteiger partial charge is 0.446 e. The summed E-state index contributed by atoms with van der Waals surface area (Å²) in [6.07, 6.45) is 0. The van der Waals surface area contributed by atoms with E-state index in [9.17, 15) is 13.2 Å². The third-order valence-corrected chi connectivity index (χ3v) is 3.60. The van der Waals surface area contributed by atoms with E-state index in [4.69, 9.17) is 0 Å². The van der Waals surface area contributed by atoms with Crippen molar-refractivity contribution in [2.24, 2.45) is 0 Å². The van der Waals surface area contributed by atoms with Gasteiger partial charge in [0.2, 0.25) is 0 Å². The smallest absolute Gasteiger partial charge is 0.380 e. The second-order valence-electron chi connectivity index (χ2n) is 3.56. The van der Waals surface area contributed by atoms with Crippen LogP contribution in [0.4, 0.5) is 18.9 Å². The average Bonchev–Trinajstić information content (AvgIpc) is 2.79. The summed E-state index contributed by atoms with van der Waals surface area (Å²) in [5.74, 6) is 0. The van der Waals surface area contributed by atoms with Crippen LogP contribution in [0.3, 0.4) is 0 Å². The van der Waals surface area contributed by atoms with Gasteiger partial charge >= 0.3 is 5.51 Å². The molecule has 96 valence electrons. The summed E-state index contributed by atoms with van der Waals surface area (Å²) in [5, 5.41) is 7.13. The quantitative estimate of drug-likeness (QED) is 0.797. The molecule has 0 aliphatic heterocycles. The van der Waals surface area contributed by atoms with Crippen molar-refractivity contribution in [3.05, 3.63) is 46.7 Å². The monoisotopic (exact) mass is 289 g/mol. The van der Waals surface area contributed by atoms with Crippen LogP contribution in [0, 0.1) is 0 Å². The summed E-state index contributed by atoms with van der Waals surface area (Å²) in [7, 11) is 0. The number of halogens is 3. The Labute approximate surface area is 111 Å². The van der Waals surface area contributed by atoms with E-state index in [0.717, 1.165) is 11.3 Å². The molecule has 0 atom stereocenters. The van der Waals surface area contributed by atoms with Gasteiger partial charge in [-0.15, -0.1) is 0 Å². The van der Waals surface area contributed by atoms with E-state index in [-0.39, 0.29) is 16.7 Å². The molecule has 1 aromatic heterocycles. The molecule has 0 radical (unpaired) electrons. The lowest BCUT2D eigenvalue weighted by molar-refractivity contribution is -0.0328. The summed E-state index contributed by atoms with van der Waals surface area (Å²) < 4.78 is 36.4. The van der Waals surface area contributed by atoms with Gasteiger partial charge in [-0.3, -0.25) is 0 Å². The van der Waals surface area contributed by atoms with Gasteiger partial charge in [0.1, 0.15) is 0 Å². The molecular weight excluding hydrogens is 279 g/mol. The Morgan fingerprint density at radius 1 is 1.11 bits per heavy atom. The molecule has 6 heteroatoms. The van der Waals surface area contributed by atoms with Crippen LogP contribution < -0.4 is 5.32 Å². The first kappa shape index (κ1) is 13.3. The van der Waals surface area contributed by atoms with Crippen LogP contribution in [0.15, 0.2) is 46.0 Å². The molecule has 0 fully saturated rings. The van der Waals surface area contributed by atoms with Gasteiger partial charge in [0.05, 0.1) is 0 Å². The first-order chi connectivity index (χ1) is 8.53. The number of alkyl halides is 3. The molecule has 0 aliphatic rings. The van der Waals surface area contributed by atoms with Crippen molar-refractivity contribution in [2.75, 3.05) is 5.32 Å². The number of thioether (sulfide) groups is 1. The molecule has 0 saturated carbocycles. The Bertz CT molecular complexity index is 477. The molecule has 0 amide bonds. The zero-order valence-electron chi connectivity index (χ0n) is 9.20. The van der Waals surface area contributed by atoms with Crippen molar-refractivity contribution >= 4 is 28.8 Å². The molecule has 2 rings (SSSR count). The number of benzene rings is 1. The fourth-order valence-corrected chi connectivity index (χ4v) is 2.53. The van der Waals surface area contributed by atoms with Gasteiger partial charge in [0, 0.05) is 22.5 Å². The van der Waals surface area contributed by atoms with Crippen LogP contribution in [0.2, 0.25) is 0 Å². The van der Waals surface area contributed by atoms with Crippen LogP contribution in [0.1, 0.15) is 5.56 Å². The first-order valence-electron chi connectivity index (χ1n) is 5.14. The zero-order valence-corrected chi connectivity index (χ0v) is 10.8. The number of thiophene rings is 1. The molecule has 1 nitrogen and oxygen atoms in total. The third-order valence-electron chi connectivity index (χ3n) is 2.17. The van der Waals surface area contributed by atoms with E-state index < -0.39 is 5.51 Å². The molecule has 0 bridgehead atoms. The van der Waals surface area contributed by atoms with E-state index >= 15 is 0 Å².